The number of nitrogens with zero attached hydrogens (tertiary/aromatic N) is 3. The van der Waals surface area contributed by atoms with E-state index in [9.17, 15) is 9.59 Å². The third kappa shape index (κ3) is 2.34. The Balaban J connectivity index is 2.37. The zero-order chi connectivity index (χ0) is 14.8. The first-order valence-corrected chi connectivity index (χ1v) is 7.44. The third-order valence-electron chi connectivity index (χ3n) is 3.10. The minimum atomic E-state index is -0.241. The molecule has 3 rings (SSSR count). The Morgan fingerprint density at radius 1 is 1.24 bits per heavy atom. The van der Waals surface area contributed by atoms with E-state index in [0.717, 1.165) is 0 Å². The van der Waals surface area contributed by atoms with Gasteiger partial charge in [0, 0.05) is 18.1 Å². The highest BCUT2D eigenvalue weighted by Crippen LogP contribution is 2.17. The van der Waals surface area contributed by atoms with Crippen LogP contribution in [0.3, 0.4) is 0 Å². The Bertz CT molecular complexity index is 875. The summed E-state index contributed by atoms with van der Waals surface area (Å²) in [6.45, 7) is 0. The van der Waals surface area contributed by atoms with Crippen molar-refractivity contribution >= 4 is 29.0 Å². The number of rotatable bonds is 3. The lowest BCUT2D eigenvalue weighted by molar-refractivity contribution is 0.112. The van der Waals surface area contributed by atoms with Crippen molar-refractivity contribution in [3.63, 3.8) is 0 Å². The molecule has 0 N–H and O–H groups in total. The summed E-state index contributed by atoms with van der Waals surface area (Å²) in [6.07, 6.45) is 5.54. The molecule has 104 valence electrons. The number of aldehydes is 1. The maximum atomic E-state index is 12.6. The van der Waals surface area contributed by atoms with Gasteiger partial charge in [0.25, 0.3) is 5.56 Å². The molecule has 0 aliphatic heterocycles. The van der Waals surface area contributed by atoms with Crippen molar-refractivity contribution in [1.29, 1.82) is 0 Å². The molecule has 2 heterocycles. The Morgan fingerprint density at radius 3 is 2.67 bits per heavy atom. The molecule has 0 unspecified atom stereocenters. The molecule has 0 aliphatic rings. The van der Waals surface area contributed by atoms with Crippen LogP contribution in [-0.4, -0.2) is 27.1 Å². The average Bonchev–Trinajstić information content (AvgIpc) is 2.55. The maximum absolute atomic E-state index is 12.6. The summed E-state index contributed by atoms with van der Waals surface area (Å²) < 4.78 is 1.44. The second-order valence-corrected chi connectivity index (χ2v) is 5.11. The molecule has 6 heteroatoms. The van der Waals surface area contributed by atoms with E-state index in [1.54, 1.807) is 12.1 Å². The van der Waals surface area contributed by atoms with Crippen LogP contribution in [0.25, 0.3) is 16.6 Å². The zero-order valence-electron chi connectivity index (χ0n) is 11.2. The minimum absolute atomic E-state index is 0.241. The van der Waals surface area contributed by atoms with Gasteiger partial charge in [-0.3, -0.25) is 14.2 Å². The molecule has 21 heavy (non-hydrogen) atoms. The van der Waals surface area contributed by atoms with Gasteiger partial charge in [0.05, 0.1) is 16.5 Å². The lowest BCUT2D eigenvalue weighted by Crippen LogP contribution is -2.20. The summed E-state index contributed by atoms with van der Waals surface area (Å²) in [5.74, 6) is 0. The first-order valence-electron chi connectivity index (χ1n) is 6.21. The maximum Gasteiger partial charge on any atom is 0.266 e. The van der Waals surface area contributed by atoms with Crippen LogP contribution in [0.1, 0.15) is 10.4 Å². The van der Waals surface area contributed by atoms with Crippen molar-refractivity contribution in [3.8, 4) is 5.69 Å². The lowest BCUT2D eigenvalue weighted by Gasteiger charge is -2.09. The molecule has 3 aromatic rings. The normalized spacial score (nSPS) is 10.7. The Hall–Kier alpha value is -2.47. The molecule has 0 aliphatic carbocycles. The highest BCUT2D eigenvalue weighted by Gasteiger charge is 2.12. The van der Waals surface area contributed by atoms with Crippen LogP contribution in [-0.2, 0) is 0 Å². The van der Waals surface area contributed by atoms with E-state index in [-0.39, 0.29) is 5.56 Å². The van der Waals surface area contributed by atoms with Gasteiger partial charge in [-0.1, -0.05) is 30.0 Å². The average molecular weight is 297 g/mol. The van der Waals surface area contributed by atoms with Crippen molar-refractivity contribution in [3.05, 3.63) is 58.6 Å². The fourth-order valence-electron chi connectivity index (χ4n) is 2.10. The van der Waals surface area contributed by atoms with Gasteiger partial charge < -0.3 is 0 Å². The van der Waals surface area contributed by atoms with Gasteiger partial charge in [-0.05, 0) is 18.4 Å². The van der Waals surface area contributed by atoms with Gasteiger partial charge in [0.1, 0.15) is 0 Å². The molecular weight excluding hydrogens is 286 g/mol. The van der Waals surface area contributed by atoms with E-state index in [1.165, 1.54) is 28.7 Å². The standard InChI is InChI=1S/C15H11N3O2S/c1-21-15-16-7-12-13(17-15)10(9-19)8-18(14(12)20)11-5-3-2-4-6-11/h2-9H,1H3. The van der Waals surface area contributed by atoms with E-state index in [2.05, 4.69) is 9.97 Å². The van der Waals surface area contributed by atoms with Crippen molar-refractivity contribution < 1.29 is 4.79 Å². The van der Waals surface area contributed by atoms with Crippen LogP contribution >= 0.6 is 11.8 Å². The predicted octanol–water partition coefficient (Wildman–Crippen LogP) is 2.32. The van der Waals surface area contributed by atoms with Crippen LogP contribution in [0.4, 0.5) is 0 Å². The van der Waals surface area contributed by atoms with Crippen molar-refractivity contribution in [1.82, 2.24) is 14.5 Å². The van der Waals surface area contributed by atoms with E-state index in [0.29, 0.717) is 33.6 Å². The van der Waals surface area contributed by atoms with E-state index < -0.39 is 0 Å². The molecule has 5 nitrogen and oxygen atoms in total. The quantitative estimate of drug-likeness (QED) is 0.422. The number of aromatic nitrogens is 3. The highest BCUT2D eigenvalue weighted by atomic mass is 32.2. The number of para-hydroxylation sites is 1. The van der Waals surface area contributed by atoms with E-state index in [1.807, 2.05) is 24.5 Å². The van der Waals surface area contributed by atoms with Gasteiger partial charge in [-0.25, -0.2) is 9.97 Å². The number of carbonyl (C=O) groups excluding carboxylic acids is 1. The molecule has 0 bridgehead atoms. The van der Waals surface area contributed by atoms with E-state index >= 15 is 0 Å². The lowest BCUT2D eigenvalue weighted by atomic mass is 10.2. The number of fused-ring (bicyclic) bond motifs is 1. The second-order valence-electron chi connectivity index (χ2n) is 4.33. The van der Waals surface area contributed by atoms with Gasteiger partial charge in [0.15, 0.2) is 11.4 Å². The molecule has 1 aromatic carbocycles. The van der Waals surface area contributed by atoms with Crippen molar-refractivity contribution in [2.45, 2.75) is 5.16 Å². The largest absolute Gasteiger partial charge is 0.298 e. The number of pyridine rings is 1. The number of benzene rings is 1. The first-order chi connectivity index (χ1) is 10.2. The number of hydrogen-bond donors (Lipinski definition) is 0. The molecule has 0 fully saturated rings. The Kier molecular flexibility index (Phi) is 3.53. The van der Waals surface area contributed by atoms with E-state index in [4.69, 9.17) is 0 Å². The van der Waals surface area contributed by atoms with Gasteiger partial charge in [-0.2, -0.15) is 0 Å². The monoisotopic (exact) mass is 297 g/mol. The molecule has 0 spiro atoms. The van der Waals surface area contributed by atoms with Crippen LogP contribution < -0.4 is 5.56 Å². The molecular formula is C15H11N3O2S. The number of hydrogen-bond acceptors (Lipinski definition) is 5. The van der Waals surface area contributed by atoms with Gasteiger partial charge in [0.2, 0.25) is 0 Å². The predicted molar refractivity (Wildman–Crippen MR) is 82.3 cm³/mol. The summed E-state index contributed by atoms with van der Waals surface area (Å²) in [4.78, 5) is 32.3. The summed E-state index contributed by atoms with van der Waals surface area (Å²) in [6, 6.07) is 9.14. The van der Waals surface area contributed by atoms with Crippen molar-refractivity contribution in [2.75, 3.05) is 6.26 Å². The minimum Gasteiger partial charge on any atom is -0.298 e. The van der Waals surface area contributed by atoms with Crippen LogP contribution in [0, 0.1) is 0 Å². The van der Waals surface area contributed by atoms with Crippen LogP contribution in [0.5, 0.6) is 0 Å². The topological polar surface area (TPSA) is 64.8 Å². The smallest absolute Gasteiger partial charge is 0.266 e. The molecule has 0 amide bonds. The van der Waals surface area contributed by atoms with Crippen LogP contribution in [0.15, 0.2) is 52.7 Å². The Labute approximate surface area is 124 Å². The van der Waals surface area contributed by atoms with Crippen LogP contribution in [0.2, 0.25) is 0 Å². The summed E-state index contributed by atoms with van der Waals surface area (Å²) in [5.41, 5.74) is 1.21. The summed E-state index contributed by atoms with van der Waals surface area (Å²) in [7, 11) is 0. The summed E-state index contributed by atoms with van der Waals surface area (Å²) >= 11 is 1.36. The number of thioether (sulfide) groups is 1. The zero-order valence-corrected chi connectivity index (χ0v) is 12.0. The third-order valence-corrected chi connectivity index (χ3v) is 3.66. The SMILES string of the molecule is CSc1ncc2c(=O)n(-c3ccccc3)cc(C=O)c2n1. The second kappa shape index (κ2) is 5.49. The number of carbonyl (C=O) groups is 1. The molecule has 0 atom stereocenters. The van der Waals surface area contributed by atoms with Crippen molar-refractivity contribution in [2.24, 2.45) is 0 Å². The fraction of sp³-hybridized carbons (Fsp3) is 0.0667. The highest BCUT2D eigenvalue weighted by molar-refractivity contribution is 7.98. The Morgan fingerprint density at radius 2 is 2.00 bits per heavy atom. The van der Waals surface area contributed by atoms with Gasteiger partial charge in [-0.15, -0.1) is 0 Å². The van der Waals surface area contributed by atoms with Gasteiger partial charge >= 0.3 is 0 Å². The first kappa shape index (κ1) is 13.5. The summed E-state index contributed by atoms with van der Waals surface area (Å²) in [5, 5.41) is 0.865. The fourth-order valence-corrected chi connectivity index (χ4v) is 2.44. The molecule has 2 aromatic heterocycles. The molecule has 0 saturated carbocycles. The molecule has 0 saturated heterocycles. The molecule has 0 radical (unpaired) electrons.